The number of carbonyl (C=O) groups excluding carboxylic acids is 1. The van der Waals surface area contributed by atoms with Crippen molar-refractivity contribution in [2.75, 3.05) is 13.7 Å². The first-order chi connectivity index (χ1) is 7.91. The zero-order chi connectivity index (χ0) is 13.3. The standard InChI is InChI=1S/C14H26O3/c1-6-8-12(2)9-7-10-14(3,4)17-11-13(15)16-5/h8H,6-7,9-11H2,1-5H3. The van der Waals surface area contributed by atoms with Gasteiger partial charge in [-0.15, -0.1) is 0 Å². The van der Waals surface area contributed by atoms with Gasteiger partial charge in [-0.05, 0) is 46.5 Å². The highest BCUT2D eigenvalue weighted by Gasteiger charge is 2.19. The second-order valence-corrected chi connectivity index (χ2v) is 4.94. The van der Waals surface area contributed by atoms with E-state index >= 15 is 0 Å². The van der Waals surface area contributed by atoms with Gasteiger partial charge in [0.1, 0.15) is 6.61 Å². The van der Waals surface area contributed by atoms with Crippen LogP contribution < -0.4 is 0 Å². The minimum absolute atomic E-state index is 0.0350. The third-order valence-electron chi connectivity index (χ3n) is 2.71. The SMILES string of the molecule is CCC=C(C)CCCC(C)(C)OCC(=O)OC. The maximum atomic E-state index is 11.0. The maximum absolute atomic E-state index is 11.0. The summed E-state index contributed by atoms with van der Waals surface area (Å²) in [6, 6.07) is 0. The predicted molar refractivity (Wildman–Crippen MR) is 69.9 cm³/mol. The molecule has 0 aromatic heterocycles. The number of ether oxygens (including phenoxy) is 2. The molecule has 0 aliphatic rings. The van der Waals surface area contributed by atoms with Crippen LogP contribution in [0.15, 0.2) is 11.6 Å². The summed E-state index contributed by atoms with van der Waals surface area (Å²) in [6.45, 7) is 8.36. The molecule has 100 valence electrons. The van der Waals surface area contributed by atoms with Gasteiger partial charge in [0.05, 0.1) is 12.7 Å². The molecule has 0 fully saturated rings. The molecule has 0 saturated carbocycles. The molecule has 0 unspecified atom stereocenters. The molecular weight excluding hydrogens is 216 g/mol. The Bertz CT molecular complexity index is 254. The smallest absolute Gasteiger partial charge is 0.331 e. The minimum atomic E-state index is -0.319. The molecule has 3 heteroatoms. The average Bonchev–Trinajstić information content (AvgIpc) is 2.26. The Kier molecular flexibility index (Phi) is 7.88. The fourth-order valence-electron chi connectivity index (χ4n) is 1.63. The summed E-state index contributed by atoms with van der Waals surface area (Å²) in [6.07, 6.45) is 6.46. The Labute approximate surface area is 105 Å². The molecule has 0 N–H and O–H groups in total. The van der Waals surface area contributed by atoms with Crippen LogP contribution in [0.2, 0.25) is 0 Å². The lowest BCUT2D eigenvalue weighted by Crippen LogP contribution is -2.28. The van der Waals surface area contributed by atoms with Gasteiger partial charge >= 0.3 is 5.97 Å². The predicted octanol–water partition coefficient (Wildman–Crippen LogP) is 3.48. The van der Waals surface area contributed by atoms with E-state index in [2.05, 4.69) is 24.7 Å². The zero-order valence-electron chi connectivity index (χ0n) is 11.8. The van der Waals surface area contributed by atoms with E-state index in [1.807, 2.05) is 13.8 Å². The van der Waals surface area contributed by atoms with Crippen LogP contribution in [-0.4, -0.2) is 25.3 Å². The van der Waals surface area contributed by atoms with Crippen molar-refractivity contribution in [1.82, 2.24) is 0 Å². The molecule has 3 nitrogen and oxygen atoms in total. The van der Waals surface area contributed by atoms with Crippen molar-refractivity contribution < 1.29 is 14.3 Å². The van der Waals surface area contributed by atoms with Crippen LogP contribution in [0.5, 0.6) is 0 Å². The molecule has 0 aliphatic heterocycles. The molecule has 0 spiro atoms. The summed E-state index contributed by atoms with van der Waals surface area (Å²) in [5.74, 6) is -0.319. The summed E-state index contributed by atoms with van der Waals surface area (Å²) in [5, 5.41) is 0. The lowest BCUT2D eigenvalue weighted by atomic mass is 9.99. The first-order valence-electron chi connectivity index (χ1n) is 6.27. The maximum Gasteiger partial charge on any atom is 0.331 e. The van der Waals surface area contributed by atoms with Crippen molar-refractivity contribution in [3.63, 3.8) is 0 Å². The Morgan fingerprint density at radius 3 is 2.53 bits per heavy atom. The van der Waals surface area contributed by atoms with E-state index in [0.29, 0.717) is 0 Å². The zero-order valence-corrected chi connectivity index (χ0v) is 11.8. The van der Waals surface area contributed by atoms with E-state index < -0.39 is 0 Å². The van der Waals surface area contributed by atoms with Crippen molar-refractivity contribution >= 4 is 5.97 Å². The van der Waals surface area contributed by atoms with Crippen LogP contribution in [0.3, 0.4) is 0 Å². The van der Waals surface area contributed by atoms with Crippen molar-refractivity contribution in [3.05, 3.63) is 11.6 Å². The van der Waals surface area contributed by atoms with Crippen LogP contribution >= 0.6 is 0 Å². The summed E-state index contributed by atoms with van der Waals surface area (Å²) in [7, 11) is 1.37. The summed E-state index contributed by atoms with van der Waals surface area (Å²) in [5.41, 5.74) is 1.16. The van der Waals surface area contributed by atoms with Gasteiger partial charge in [0.25, 0.3) is 0 Å². The molecule has 0 aromatic rings. The third kappa shape index (κ3) is 8.93. The quantitative estimate of drug-likeness (QED) is 0.483. The van der Waals surface area contributed by atoms with Crippen LogP contribution in [0.4, 0.5) is 0 Å². The molecule has 0 amide bonds. The highest BCUT2D eigenvalue weighted by molar-refractivity contribution is 5.70. The largest absolute Gasteiger partial charge is 0.467 e. The minimum Gasteiger partial charge on any atom is -0.467 e. The Balaban J connectivity index is 3.85. The molecular formula is C14H26O3. The number of rotatable bonds is 8. The Morgan fingerprint density at radius 1 is 1.35 bits per heavy atom. The number of methoxy groups -OCH3 is 1. The fourth-order valence-corrected chi connectivity index (χ4v) is 1.63. The molecule has 0 aromatic carbocycles. The first kappa shape index (κ1) is 16.2. The van der Waals surface area contributed by atoms with Crippen molar-refractivity contribution in [2.24, 2.45) is 0 Å². The van der Waals surface area contributed by atoms with Crippen molar-refractivity contribution in [3.8, 4) is 0 Å². The highest BCUT2D eigenvalue weighted by Crippen LogP contribution is 2.19. The number of hydrogen-bond acceptors (Lipinski definition) is 3. The van der Waals surface area contributed by atoms with Crippen LogP contribution in [-0.2, 0) is 14.3 Å². The van der Waals surface area contributed by atoms with Crippen LogP contribution in [0.1, 0.15) is 53.4 Å². The number of allylic oxidation sites excluding steroid dienone is 2. The molecule has 0 aliphatic carbocycles. The summed E-state index contributed by atoms with van der Waals surface area (Å²) >= 11 is 0. The van der Waals surface area contributed by atoms with Gasteiger partial charge in [0.15, 0.2) is 0 Å². The Hall–Kier alpha value is -0.830. The van der Waals surface area contributed by atoms with Gasteiger partial charge in [0.2, 0.25) is 0 Å². The molecule has 0 heterocycles. The normalized spacial score (nSPS) is 12.6. The van der Waals surface area contributed by atoms with Gasteiger partial charge in [-0.1, -0.05) is 18.6 Å². The summed E-state index contributed by atoms with van der Waals surface area (Å²) in [4.78, 5) is 11.0. The molecule has 0 atom stereocenters. The van der Waals surface area contributed by atoms with Crippen molar-refractivity contribution in [1.29, 1.82) is 0 Å². The topological polar surface area (TPSA) is 35.5 Å². The van der Waals surface area contributed by atoms with E-state index in [1.54, 1.807) is 0 Å². The molecule has 0 bridgehead atoms. The van der Waals surface area contributed by atoms with Gasteiger partial charge < -0.3 is 9.47 Å². The number of esters is 1. The van der Waals surface area contributed by atoms with E-state index in [-0.39, 0.29) is 18.2 Å². The van der Waals surface area contributed by atoms with Crippen LogP contribution in [0.25, 0.3) is 0 Å². The number of hydrogen-bond donors (Lipinski definition) is 0. The first-order valence-corrected chi connectivity index (χ1v) is 6.27. The lowest BCUT2D eigenvalue weighted by molar-refractivity contribution is -0.152. The van der Waals surface area contributed by atoms with Gasteiger partial charge in [-0.2, -0.15) is 0 Å². The molecule has 0 rings (SSSR count). The van der Waals surface area contributed by atoms with E-state index in [4.69, 9.17) is 4.74 Å². The van der Waals surface area contributed by atoms with Crippen molar-refractivity contribution in [2.45, 2.75) is 59.0 Å². The molecule has 17 heavy (non-hydrogen) atoms. The summed E-state index contributed by atoms with van der Waals surface area (Å²) < 4.78 is 10.1. The molecule has 0 radical (unpaired) electrons. The average molecular weight is 242 g/mol. The van der Waals surface area contributed by atoms with E-state index in [9.17, 15) is 4.79 Å². The second-order valence-electron chi connectivity index (χ2n) is 4.94. The van der Waals surface area contributed by atoms with Gasteiger partial charge in [0, 0.05) is 0 Å². The monoisotopic (exact) mass is 242 g/mol. The van der Waals surface area contributed by atoms with E-state index in [1.165, 1.54) is 12.7 Å². The van der Waals surface area contributed by atoms with Gasteiger partial charge in [-0.3, -0.25) is 0 Å². The highest BCUT2D eigenvalue weighted by atomic mass is 16.6. The lowest BCUT2D eigenvalue weighted by Gasteiger charge is -2.24. The second kappa shape index (κ2) is 8.29. The van der Waals surface area contributed by atoms with Gasteiger partial charge in [-0.25, -0.2) is 4.79 Å². The third-order valence-corrected chi connectivity index (χ3v) is 2.71. The van der Waals surface area contributed by atoms with Crippen LogP contribution in [0, 0.1) is 0 Å². The van der Waals surface area contributed by atoms with E-state index in [0.717, 1.165) is 25.7 Å². The number of carbonyl (C=O) groups is 1. The molecule has 0 saturated heterocycles. The fraction of sp³-hybridized carbons (Fsp3) is 0.786. The Morgan fingerprint density at radius 2 is 2.00 bits per heavy atom.